The fourth-order valence-electron chi connectivity index (χ4n) is 1.81. The van der Waals surface area contributed by atoms with Crippen molar-refractivity contribution in [1.82, 2.24) is 0 Å². The smallest absolute Gasteiger partial charge is 0.338 e. The molecule has 0 spiro atoms. The summed E-state index contributed by atoms with van der Waals surface area (Å²) in [6, 6.07) is 11.4. The van der Waals surface area contributed by atoms with Gasteiger partial charge in [0.1, 0.15) is 0 Å². The van der Waals surface area contributed by atoms with Crippen LogP contribution in [-0.4, -0.2) is 13.1 Å². The maximum Gasteiger partial charge on any atom is 0.338 e. The molecule has 2 aromatic carbocycles. The van der Waals surface area contributed by atoms with Crippen molar-refractivity contribution in [3.63, 3.8) is 0 Å². The Morgan fingerprint density at radius 1 is 1.25 bits per heavy atom. The minimum Gasteiger partial charge on any atom is -0.465 e. The van der Waals surface area contributed by atoms with Gasteiger partial charge >= 0.3 is 5.97 Å². The number of methoxy groups -OCH3 is 1. The highest BCUT2D eigenvalue weighted by molar-refractivity contribution is 6.18. The molecule has 0 bridgehead atoms. The predicted molar refractivity (Wildman–Crippen MR) is 64.8 cm³/mol. The van der Waals surface area contributed by atoms with Crippen LogP contribution in [0.15, 0.2) is 36.4 Å². The number of alkyl halides is 1. The summed E-state index contributed by atoms with van der Waals surface area (Å²) in [6.45, 7) is 0. The van der Waals surface area contributed by atoms with Crippen molar-refractivity contribution in [2.75, 3.05) is 7.11 Å². The van der Waals surface area contributed by atoms with Crippen molar-refractivity contribution in [2.45, 2.75) is 5.88 Å². The number of hydrogen-bond acceptors (Lipinski definition) is 2. The van der Waals surface area contributed by atoms with Crippen molar-refractivity contribution in [3.05, 3.63) is 47.5 Å². The largest absolute Gasteiger partial charge is 0.465 e. The predicted octanol–water partition coefficient (Wildman–Crippen LogP) is 3.37. The van der Waals surface area contributed by atoms with Gasteiger partial charge in [-0.2, -0.15) is 0 Å². The van der Waals surface area contributed by atoms with Gasteiger partial charge in [-0.3, -0.25) is 0 Å². The molecule has 0 N–H and O–H groups in total. The van der Waals surface area contributed by atoms with Crippen LogP contribution in [0.1, 0.15) is 15.9 Å². The highest BCUT2D eigenvalue weighted by Gasteiger charge is 2.12. The summed E-state index contributed by atoms with van der Waals surface area (Å²) in [5, 5.41) is 1.88. The van der Waals surface area contributed by atoms with Crippen molar-refractivity contribution in [2.24, 2.45) is 0 Å². The maximum atomic E-state index is 11.6. The van der Waals surface area contributed by atoms with E-state index in [1.165, 1.54) is 7.11 Å². The molecule has 0 aliphatic rings. The molecule has 0 aromatic heterocycles. The number of halogens is 1. The summed E-state index contributed by atoms with van der Waals surface area (Å²) >= 11 is 5.87. The molecule has 2 rings (SSSR count). The van der Waals surface area contributed by atoms with E-state index in [2.05, 4.69) is 0 Å². The van der Waals surface area contributed by atoms with E-state index >= 15 is 0 Å². The molecule has 0 heterocycles. The molecule has 82 valence electrons. The van der Waals surface area contributed by atoms with E-state index in [0.717, 1.165) is 16.3 Å². The summed E-state index contributed by atoms with van der Waals surface area (Å²) in [5.41, 5.74) is 1.51. The number of fused-ring (bicyclic) bond motifs is 1. The van der Waals surface area contributed by atoms with E-state index in [4.69, 9.17) is 16.3 Å². The first kappa shape index (κ1) is 11.0. The van der Waals surface area contributed by atoms with Crippen LogP contribution in [0.4, 0.5) is 0 Å². The lowest BCUT2D eigenvalue weighted by molar-refractivity contribution is 0.0603. The molecule has 0 aliphatic heterocycles. The quantitative estimate of drug-likeness (QED) is 0.588. The molecule has 0 saturated heterocycles. The molecule has 0 amide bonds. The van der Waals surface area contributed by atoms with E-state index in [1.807, 2.05) is 30.3 Å². The zero-order chi connectivity index (χ0) is 11.5. The third-order valence-electron chi connectivity index (χ3n) is 2.54. The minimum absolute atomic E-state index is 0.330. The molecule has 0 unspecified atom stereocenters. The Balaban J connectivity index is 2.78. The van der Waals surface area contributed by atoms with Gasteiger partial charge in [-0.05, 0) is 17.0 Å². The van der Waals surface area contributed by atoms with Gasteiger partial charge in [0.25, 0.3) is 0 Å². The van der Waals surface area contributed by atoms with Crippen LogP contribution in [0.5, 0.6) is 0 Å². The van der Waals surface area contributed by atoms with Crippen LogP contribution in [0.2, 0.25) is 0 Å². The molecule has 16 heavy (non-hydrogen) atoms. The van der Waals surface area contributed by atoms with Crippen LogP contribution in [0.3, 0.4) is 0 Å². The Labute approximate surface area is 98.8 Å². The fourth-order valence-corrected chi connectivity index (χ4v) is 2.03. The third kappa shape index (κ3) is 1.76. The number of ether oxygens (including phenoxy) is 1. The van der Waals surface area contributed by atoms with Gasteiger partial charge in [-0.1, -0.05) is 30.3 Å². The zero-order valence-electron chi connectivity index (χ0n) is 8.87. The molecule has 3 heteroatoms. The summed E-state index contributed by atoms with van der Waals surface area (Å²) in [6.07, 6.45) is 0. The maximum absolute atomic E-state index is 11.6. The molecule has 2 nitrogen and oxygen atoms in total. The van der Waals surface area contributed by atoms with Crippen molar-refractivity contribution in [3.8, 4) is 0 Å². The Morgan fingerprint density at radius 3 is 2.56 bits per heavy atom. The highest BCUT2D eigenvalue weighted by atomic mass is 35.5. The topological polar surface area (TPSA) is 26.3 Å². The fraction of sp³-hybridized carbons (Fsp3) is 0.154. The standard InChI is InChI=1S/C13H11ClO2/c1-16-13(15)11-7-3-5-9-4-2-6-10(8-14)12(9)11/h2-7H,8H2,1H3. The van der Waals surface area contributed by atoms with Gasteiger partial charge in [0.15, 0.2) is 0 Å². The minimum atomic E-state index is -0.330. The number of esters is 1. The first-order valence-electron chi connectivity index (χ1n) is 4.93. The van der Waals surface area contributed by atoms with E-state index in [1.54, 1.807) is 6.07 Å². The molecule has 0 radical (unpaired) electrons. The summed E-state index contributed by atoms with van der Waals surface area (Å²) in [4.78, 5) is 11.6. The SMILES string of the molecule is COC(=O)c1cccc2cccc(CCl)c12. The number of carbonyl (C=O) groups is 1. The lowest BCUT2D eigenvalue weighted by Gasteiger charge is -2.08. The van der Waals surface area contributed by atoms with Crippen molar-refractivity contribution in [1.29, 1.82) is 0 Å². The van der Waals surface area contributed by atoms with Crippen LogP contribution >= 0.6 is 11.6 Å². The Bertz CT molecular complexity index is 529. The van der Waals surface area contributed by atoms with Gasteiger partial charge in [0.2, 0.25) is 0 Å². The van der Waals surface area contributed by atoms with E-state index in [9.17, 15) is 4.79 Å². The first-order valence-corrected chi connectivity index (χ1v) is 5.46. The van der Waals surface area contributed by atoms with Gasteiger partial charge in [-0.25, -0.2) is 4.79 Å². The first-order chi connectivity index (χ1) is 7.77. The average molecular weight is 235 g/mol. The summed E-state index contributed by atoms with van der Waals surface area (Å²) in [7, 11) is 1.38. The van der Waals surface area contributed by atoms with Gasteiger partial charge in [-0.15, -0.1) is 11.6 Å². The lowest BCUT2D eigenvalue weighted by atomic mass is 10.00. The van der Waals surface area contributed by atoms with Crippen LogP contribution in [0.25, 0.3) is 10.8 Å². The average Bonchev–Trinajstić information content (AvgIpc) is 2.36. The van der Waals surface area contributed by atoms with Gasteiger partial charge in [0, 0.05) is 11.3 Å². The number of hydrogen-bond donors (Lipinski definition) is 0. The normalized spacial score (nSPS) is 10.4. The molecule has 0 saturated carbocycles. The second-order valence-electron chi connectivity index (χ2n) is 3.45. The monoisotopic (exact) mass is 234 g/mol. The molecular weight excluding hydrogens is 224 g/mol. The molecule has 0 aliphatic carbocycles. The molecule has 0 atom stereocenters. The highest BCUT2D eigenvalue weighted by Crippen LogP contribution is 2.24. The van der Waals surface area contributed by atoms with Crippen LogP contribution in [0, 0.1) is 0 Å². The lowest BCUT2D eigenvalue weighted by Crippen LogP contribution is -2.03. The van der Waals surface area contributed by atoms with Crippen LogP contribution < -0.4 is 0 Å². The second kappa shape index (κ2) is 4.54. The van der Waals surface area contributed by atoms with Gasteiger partial charge in [0.05, 0.1) is 12.7 Å². The number of rotatable bonds is 2. The second-order valence-corrected chi connectivity index (χ2v) is 3.71. The molecule has 0 fully saturated rings. The molecular formula is C13H11ClO2. The number of carbonyl (C=O) groups excluding carboxylic acids is 1. The summed E-state index contributed by atoms with van der Waals surface area (Å²) < 4.78 is 4.76. The van der Waals surface area contributed by atoms with Crippen molar-refractivity contribution < 1.29 is 9.53 Å². The van der Waals surface area contributed by atoms with Gasteiger partial charge < -0.3 is 4.74 Å². The Kier molecular flexibility index (Phi) is 3.11. The van der Waals surface area contributed by atoms with E-state index < -0.39 is 0 Å². The Hall–Kier alpha value is -1.54. The third-order valence-corrected chi connectivity index (χ3v) is 2.83. The van der Waals surface area contributed by atoms with E-state index in [-0.39, 0.29) is 5.97 Å². The van der Waals surface area contributed by atoms with Crippen molar-refractivity contribution >= 4 is 28.3 Å². The zero-order valence-corrected chi connectivity index (χ0v) is 9.62. The Morgan fingerprint density at radius 2 is 1.94 bits per heavy atom. The summed E-state index contributed by atoms with van der Waals surface area (Å²) in [5.74, 6) is 0.0499. The van der Waals surface area contributed by atoms with E-state index in [0.29, 0.717) is 11.4 Å². The molecule has 2 aromatic rings. The van der Waals surface area contributed by atoms with Crippen LogP contribution in [-0.2, 0) is 10.6 Å². The number of benzene rings is 2.